The lowest BCUT2D eigenvalue weighted by Crippen LogP contribution is -2.50. The molecule has 1 fully saturated rings. The van der Waals surface area contributed by atoms with E-state index >= 15 is 0 Å². The zero-order chi connectivity index (χ0) is 12.6. The third kappa shape index (κ3) is 4.23. The highest BCUT2D eigenvalue weighted by atomic mass is 16.5. The van der Waals surface area contributed by atoms with Gasteiger partial charge in [-0.05, 0) is 32.7 Å². The Hall–Kier alpha value is -0.120. The van der Waals surface area contributed by atoms with Crippen molar-refractivity contribution in [3.05, 3.63) is 0 Å². The predicted octanol–water partition coefficient (Wildman–Crippen LogP) is 2.74. The lowest BCUT2D eigenvalue weighted by molar-refractivity contribution is -0.0543. The van der Waals surface area contributed by atoms with Crippen molar-refractivity contribution in [2.24, 2.45) is 0 Å². The largest absolute Gasteiger partial charge is 0.385 e. The van der Waals surface area contributed by atoms with E-state index in [1.807, 2.05) is 7.11 Å². The standard InChI is InChI=1S/C14H29NO2/c1-15-13(9-8-12-16-2)14(17-3)10-6-4-5-7-11-14/h13,15H,4-12H2,1-3H3. The van der Waals surface area contributed by atoms with Gasteiger partial charge in [-0.2, -0.15) is 0 Å². The summed E-state index contributed by atoms with van der Waals surface area (Å²) < 4.78 is 11.1. The first kappa shape index (κ1) is 14.9. The van der Waals surface area contributed by atoms with E-state index in [0.717, 1.165) is 19.4 Å². The fourth-order valence-corrected chi connectivity index (χ4v) is 3.12. The second-order valence-corrected chi connectivity index (χ2v) is 5.16. The molecule has 0 aliphatic heterocycles. The third-order valence-electron chi connectivity index (χ3n) is 4.18. The summed E-state index contributed by atoms with van der Waals surface area (Å²) in [6, 6.07) is 0.459. The third-order valence-corrected chi connectivity index (χ3v) is 4.18. The number of ether oxygens (including phenoxy) is 2. The molecular weight excluding hydrogens is 214 g/mol. The quantitative estimate of drug-likeness (QED) is 0.551. The minimum absolute atomic E-state index is 0.0546. The Balaban J connectivity index is 2.58. The van der Waals surface area contributed by atoms with Gasteiger partial charge in [-0.15, -0.1) is 0 Å². The van der Waals surface area contributed by atoms with Crippen LogP contribution in [0.4, 0.5) is 0 Å². The van der Waals surface area contributed by atoms with Crippen LogP contribution in [-0.2, 0) is 9.47 Å². The van der Waals surface area contributed by atoms with Crippen molar-refractivity contribution in [1.29, 1.82) is 0 Å². The molecule has 0 aromatic carbocycles. The Kier molecular flexibility index (Phi) is 7.09. The number of methoxy groups -OCH3 is 2. The number of hydrogen-bond acceptors (Lipinski definition) is 3. The Morgan fingerprint density at radius 1 is 1.12 bits per heavy atom. The fraction of sp³-hybridized carbons (Fsp3) is 1.00. The Bertz CT molecular complexity index is 189. The van der Waals surface area contributed by atoms with Gasteiger partial charge in [0.05, 0.1) is 5.60 Å². The van der Waals surface area contributed by atoms with Gasteiger partial charge in [0, 0.05) is 26.9 Å². The molecular formula is C14H29NO2. The highest BCUT2D eigenvalue weighted by Crippen LogP contribution is 2.34. The summed E-state index contributed by atoms with van der Waals surface area (Å²) in [7, 11) is 5.71. The first-order valence-electron chi connectivity index (χ1n) is 7.00. The van der Waals surface area contributed by atoms with Gasteiger partial charge in [-0.25, -0.2) is 0 Å². The number of nitrogens with one attached hydrogen (secondary N) is 1. The monoisotopic (exact) mass is 243 g/mol. The van der Waals surface area contributed by atoms with Crippen molar-refractivity contribution in [2.75, 3.05) is 27.9 Å². The minimum Gasteiger partial charge on any atom is -0.385 e. The molecule has 1 saturated carbocycles. The van der Waals surface area contributed by atoms with Gasteiger partial charge in [0.1, 0.15) is 0 Å². The summed E-state index contributed by atoms with van der Waals surface area (Å²) in [4.78, 5) is 0. The number of rotatable bonds is 7. The van der Waals surface area contributed by atoms with Crippen LogP contribution in [0, 0.1) is 0 Å². The minimum atomic E-state index is 0.0546. The van der Waals surface area contributed by atoms with Gasteiger partial charge >= 0.3 is 0 Å². The SMILES string of the molecule is CNC(CCCOC)C1(OC)CCCCCC1. The van der Waals surface area contributed by atoms with Crippen LogP contribution in [0.2, 0.25) is 0 Å². The zero-order valence-electron chi connectivity index (χ0n) is 11.8. The summed E-state index contributed by atoms with van der Waals surface area (Å²) in [5, 5.41) is 3.47. The van der Waals surface area contributed by atoms with Crippen LogP contribution in [-0.4, -0.2) is 39.5 Å². The summed E-state index contributed by atoms with van der Waals surface area (Å²) in [5.41, 5.74) is 0.0546. The maximum Gasteiger partial charge on any atom is 0.0830 e. The fourth-order valence-electron chi connectivity index (χ4n) is 3.12. The Labute approximate surface area is 106 Å². The highest BCUT2D eigenvalue weighted by Gasteiger charge is 2.37. The van der Waals surface area contributed by atoms with Gasteiger partial charge in [0.25, 0.3) is 0 Å². The molecule has 1 atom stereocenters. The van der Waals surface area contributed by atoms with E-state index in [4.69, 9.17) is 9.47 Å². The van der Waals surface area contributed by atoms with Crippen LogP contribution in [0.1, 0.15) is 51.4 Å². The van der Waals surface area contributed by atoms with Crippen molar-refractivity contribution < 1.29 is 9.47 Å². The maximum absolute atomic E-state index is 5.94. The average molecular weight is 243 g/mol. The first-order chi connectivity index (χ1) is 8.29. The normalized spacial score (nSPS) is 22.1. The lowest BCUT2D eigenvalue weighted by atomic mass is 9.83. The molecule has 0 aromatic heterocycles. The molecule has 0 bridgehead atoms. The van der Waals surface area contributed by atoms with Crippen LogP contribution in [0.15, 0.2) is 0 Å². The first-order valence-corrected chi connectivity index (χ1v) is 7.00. The lowest BCUT2D eigenvalue weighted by Gasteiger charge is -2.39. The molecule has 0 amide bonds. The van der Waals surface area contributed by atoms with Crippen molar-refractivity contribution in [2.45, 2.75) is 63.0 Å². The Morgan fingerprint density at radius 3 is 2.24 bits per heavy atom. The van der Waals surface area contributed by atoms with E-state index in [1.54, 1.807) is 7.11 Å². The Morgan fingerprint density at radius 2 is 1.76 bits per heavy atom. The molecule has 102 valence electrons. The molecule has 1 rings (SSSR count). The van der Waals surface area contributed by atoms with Gasteiger partial charge in [0.2, 0.25) is 0 Å². The van der Waals surface area contributed by atoms with E-state index in [0.29, 0.717) is 6.04 Å². The summed E-state index contributed by atoms with van der Waals surface area (Å²) in [5.74, 6) is 0. The van der Waals surface area contributed by atoms with Crippen LogP contribution in [0.25, 0.3) is 0 Å². The molecule has 3 heteroatoms. The molecule has 0 aromatic rings. The topological polar surface area (TPSA) is 30.5 Å². The predicted molar refractivity (Wildman–Crippen MR) is 71.4 cm³/mol. The molecule has 3 nitrogen and oxygen atoms in total. The molecule has 0 radical (unpaired) electrons. The van der Waals surface area contributed by atoms with Crippen molar-refractivity contribution in [3.63, 3.8) is 0 Å². The van der Waals surface area contributed by atoms with E-state index in [-0.39, 0.29) is 5.60 Å². The number of hydrogen-bond donors (Lipinski definition) is 1. The van der Waals surface area contributed by atoms with Crippen LogP contribution in [0.3, 0.4) is 0 Å². The van der Waals surface area contributed by atoms with Crippen molar-refractivity contribution in [1.82, 2.24) is 5.32 Å². The molecule has 1 aliphatic rings. The second kappa shape index (κ2) is 8.06. The van der Waals surface area contributed by atoms with Crippen molar-refractivity contribution in [3.8, 4) is 0 Å². The molecule has 0 spiro atoms. The van der Waals surface area contributed by atoms with Gasteiger partial charge in [-0.3, -0.25) is 0 Å². The molecule has 1 aliphatic carbocycles. The molecule has 1 unspecified atom stereocenters. The summed E-state index contributed by atoms with van der Waals surface area (Å²) in [6.07, 6.45) is 9.96. The van der Waals surface area contributed by atoms with Gasteiger partial charge in [0.15, 0.2) is 0 Å². The molecule has 0 heterocycles. The van der Waals surface area contributed by atoms with Crippen LogP contribution in [0.5, 0.6) is 0 Å². The zero-order valence-corrected chi connectivity index (χ0v) is 11.8. The summed E-state index contributed by atoms with van der Waals surface area (Å²) >= 11 is 0. The molecule has 17 heavy (non-hydrogen) atoms. The van der Waals surface area contributed by atoms with Gasteiger partial charge in [-0.1, -0.05) is 25.7 Å². The highest BCUT2D eigenvalue weighted by molar-refractivity contribution is 4.93. The molecule has 1 N–H and O–H groups in total. The average Bonchev–Trinajstić information content (AvgIpc) is 2.61. The number of likely N-dealkylation sites (N-methyl/N-ethyl adjacent to an activating group) is 1. The van der Waals surface area contributed by atoms with Crippen LogP contribution >= 0.6 is 0 Å². The maximum atomic E-state index is 5.94. The smallest absolute Gasteiger partial charge is 0.0830 e. The van der Waals surface area contributed by atoms with E-state index in [2.05, 4.69) is 12.4 Å². The van der Waals surface area contributed by atoms with Crippen molar-refractivity contribution >= 4 is 0 Å². The van der Waals surface area contributed by atoms with Crippen LogP contribution < -0.4 is 5.32 Å². The second-order valence-electron chi connectivity index (χ2n) is 5.16. The van der Waals surface area contributed by atoms with E-state index < -0.39 is 0 Å². The summed E-state index contributed by atoms with van der Waals surface area (Å²) in [6.45, 7) is 0.845. The molecule has 0 saturated heterocycles. The van der Waals surface area contributed by atoms with E-state index in [9.17, 15) is 0 Å². The van der Waals surface area contributed by atoms with Gasteiger partial charge < -0.3 is 14.8 Å². The van der Waals surface area contributed by atoms with E-state index in [1.165, 1.54) is 38.5 Å².